The van der Waals surface area contributed by atoms with Crippen LogP contribution in [-0.2, 0) is 14.4 Å². The van der Waals surface area contributed by atoms with Gasteiger partial charge in [-0.25, -0.2) is 4.79 Å². The third-order valence-corrected chi connectivity index (χ3v) is 3.43. The van der Waals surface area contributed by atoms with Crippen LogP contribution in [0.25, 0.3) is 0 Å². The molecule has 1 aliphatic heterocycles. The summed E-state index contributed by atoms with van der Waals surface area (Å²) in [5.74, 6) is -1.41. The summed E-state index contributed by atoms with van der Waals surface area (Å²) in [6.45, 7) is -0.375. The Hall–Kier alpha value is -1.60. The second kappa shape index (κ2) is 5.58. The number of hydrogen-bond donors (Lipinski definition) is 1. The first-order valence-corrected chi connectivity index (χ1v) is 6.33. The van der Waals surface area contributed by atoms with Gasteiger partial charge in [0.25, 0.3) is 0 Å². The van der Waals surface area contributed by atoms with Crippen molar-refractivity contribution in [1.29, 1.82) is 0 Å². The molecule has 102 valence electrons. The zero-order valence-corrected chi connectivity index (χ0v) is 11.7. The van der Waals surface area contributed by atoms with Crippen molar-refractivity contribution in [1.82, 2.24) is 0 Å². The van der Waals surface area contributed by atoms with Gasteiger partial charge in [0.05, 0.1) is 13.7 Å². The van der Waals surface area contributed by atoms with E-state index in [4.69, 9.17) is 4.84 Å². The number of halogens is 1. The first kappa shape index (κ1) is 13.8. The van der Waals surface area contributed by atoms with Crippen molar-refractivity contribution in [2.75, 3.05) is 13.7 Å². The van der Waals surface area contributed by atoms with Crippen LogP contribution in [0.3, 0.4) is 0 Å². The Balaban J connectivity index is 2.43. The molecule has 0 radical (unpaired) electrons. The number of hydrogen-bond acceptors (Lipinski definition) is 5. The van der Waals surface area contributed by atoms with E-state index in [1.807, 2.05) is 0 Å². The molecule has 0 aromatic heterocycles. The standard InChI is InChI=1S/C12H12BrNO5/c1-18-12(16)11-10(9(6-15)19-14(11)17)7-2-4-8(13)5-3-7/h2-5,9-10,15H,6H2,1H3/t9-,10-/m0/s1. The van der Waals surface area contributed by atoms with Gasteiger partial charge in [-0.15, -0.1) is 0 Å². The fourth-order valence-corrected chi connectivity index (χ4v) is 2.28. The SMILES string of the molecule is COC(=O)C1=[N+]([O-])O[C@@H](CO)[C@@H]1c1ccc(Br)cc1. The lowest BCUT2D eigenvalue weighted by Gasteiger charge is -2.16. The lowest BCUT2D eigenvalue weighted by molar-refractivity contribution is -0.740. The Morgan fingerprint density at radius 1 is 1.53 bits per heavy atom. The third kappa shape index (κ3) is 2.57. The summed E-state index contributed by atoms with van der Waals surface area (Å²) < 4.78 is 5.45. The lowest BCUT2D eigenvalue weighted by Crippen LogP contribution is -2.30. The highest BCUT2D eigenvalue weighted by Crippen LogP contribution is 2.30. The number of methoxy groups -OCH3 is 1. The molecule has 1 aromatic carbocycles. The average Bonchev–Trinajstić information content (AvgIpc) is 2.75. The molecule has 0 bridgehead atoms. The topological polar surface area (TPSA) is 81.8 Å². The normalized spacial score (nSPS) is 22.3. The maximum Gasteiger partial charge on any atom is 0.405 e. The Morgan fingerprint density at radius 2 is 2.16 bits per heavy atom. The van der Waals surface area contributed by atoms with Crippen LogP contribution in [-0.4, -0.2) is 41.5 Å². The van der Waals surface area contributed by atoms with Crippen molar-refractivity contribution in [3.05, 3.63) is 39.5 Å². The van der Waals surface area contributed by atoms with E-state index in [0.717, 1.165) is 4.47 Å². The predicted molar refractivity (Wildman–Crippen MR) is 69.5 cm³/mol. The van der Waals surface area contributed by atoms with Crippen LogP contribution >= 0.6 is 15.9 Å². The van der Waals surface area contributed by atoms with Crippen LogP contribution in [0.4, 0.5) is 0 Å². The van der Waals surface area contributed by atoms with E-state index in [9.17, 15) is 15.1 Å². The Kier molecular flexibility index (Phi) is 4.06. The smallest absolute Gasteiger partial charge is 0.405 e. The quantitative estimate of drug-likeness (QED) is 0.659. The van der Waals surface area contributed by atoms with Gasteiger partial charge in [0, 0.05) is 9.37 Å². The van der Waals surface area contributed by atoms with Gasteiger partial charge in [-0.1, -0.05) is 28.1 Å². The molecule has 2 rings (SSSR count). The number of esters is 1. The first-order valence-electron chi connectivity index (χ1n) is 5.54. The predicted octanol–water partition coefficient (Wildman–Crippen LogP) is 0.963. The number of aliphatic hydroxyl groups is 1. The first-order chi connectivity index (χ1) is 9.08. The van der Waals surface area contributed by atoms with Crippen molar-refractivity contribution in [2.24, 2.45) is 0 Å². The van der Waals surface area contributed by atoms with E-state index in [0.29, 0.717) is 5.56 Å². The van der Waals surface area contributed by atoms with Gasteiger partial charge >= 0.3 is 11.7 Å². The van der Waals surface area contributed by atoms with Crippen molar-refractivity contribution in [3.8, 4) is 0 Å². The minimum Gasteiger partial charge on any atom is -0.461 e. The molecule has 6 nitrogen and oxygen atoms in total. The number of aliphatic hydroxyl groups excluding tert-OH is 1. The Bertz CT molecular complexity index is 513. The molecule has 1 N–H and O–H groups in total. The minimum absolute atomic E-state index is 0.124. The molecule has 19 heavy (non-hydrogen) atoms. The van der Waals surface area contributed by atoms with E-state index in [1.165, 1.54) is 7.11 Å². The van der Waals surface area contributed by atoms with E-state index >= 15 is 0 Å². The van der Waals surface area contributed by atoms with E-state index < -0.39 is 18.0 Å². The van der Waals surface area contributed by atoms with Crippen molar-refractivity contribution < 1.29 is 24.4 Å². The fourth-order valence-electron chi connectivity index (χ4n) is 2.02. The average molecular weight is 330 g/mol. The molecule has 1 heterocycles. The van der Waals surface area contributed by atoms with Gasteiger partial charge in [-0.2, -0.15) is 0 Å². The van der Waals surface area contributed by atoms with Gasteiger partial charge in [0.2, 0.25) is 0 Å². The molecule has 0 unspecified atom stereocenters. The summed E-state index contributed by atoms with van der Waals surface area (Å²) in [5.41, 5.74) is 0.532. The van der Waals surface area contributed by atoms with Gasteiger partial charge in [0.1, 0.15) is 12.0 Å². The number of carbonyl (C=O) groups excluding carboxylic acids is 1. The maximum atomic E-state index is 11.7. The highest BCUT2D eigenvalue weighted by Gasteiger charge is 2.45. The molecule has 1 aliphatic rings. The molecule has 0 aliphatic carbocycles. The van der Waals surface area contributed by atoms with E-state index in [2.05, 4.69) is 20.7 Å². The van der Waals surface area contributed by atoms with E-state index in [1.54, 1.807) is 24.3 Å². The maximum absolute atomic E-state index is 11.7. The molecule has 0 amide bonds. The summed E-state index contributed by atoms with van der Waals surface area (Å²) in [6, 6.07) is 7.07. The van der Waals surface area contributed by atoms with Crippen LogP contribution in [0.5, 0.6) is 0 Å². The molecule has 2 atom stereocenters. The van der Waals surface area contributed by atoms with E-state index in [-0.39, 0.29) is 17.2 Å². The largest absolute Gasteiger partial charge is 0.461 e. The second-order valence-corrected chi connectivity index (χ2v) is 4.91. The van der Waals surface area contributed by atoms with Gasteiger partial charge in [-0.05, 0) is 17.7 Å². The minimum atomic E-state index is -0.798. The number of nitrogens with zero attached hydrogens (tertiary/aromatic N) is 1. The molecule has 0 saturated heterocycles. The van der Waals surface area contributed by atoms with Crippen LogP contribution in [0.2, 0.25) is 0 Å². The van der Waals surface area contributed by atoms with Crippen molar-refractivity contribution in [2.45, 2.75) is 12.0 Å². The molecule has 1 aromatic rings. The summed E-state index contributed by atoms with van der Waals surface area (Å²) in [5, 5.41) is 20.9. The summed E-state index contributed by atoms with van der Waals surface area (Å²) in [6.07, 6.45) is -0.798. The highest BCUT2D eigenvalue weighted by atomic mass is 79.9. The fraction of sp³-hybridized carbons (Fsp3) is 0.333. The van der Waals surface area contributed by atoms with Crippen molar-refractivity contribution >= 4 is 27.6 Å². The van der Waals surface area contributed by atoms with Crippen molar-refractivity contribution in [3.63, 3.8) is 0 Å². The zero-order chi connectivity index (χ0) is 14.0. The summed E-state index contributed by atoms with van der Waals surface area (Å²) >= 11 is 3.30. The second-order valence-electron chi connectivity index (χ2n) is 3.99. The molecular weight excluding hydrogens is 318 g/mol. The lowest BCUT2D eigenvalue weighted by atomic mass is 9.89. The summed E-state index contributed by atoms with van der Waals surface area (Å²) in [4.78, 5) is 16.7. The monoisotopic (exact) mass is 329 g/mol. The molecule has 0 fully saturated rings. The van der Waals surface area contributed by atoms with Gasteiger partial charge in [-0.3, -0.25) is 5.21 Å². The molecule has 0 spiro atoms. The number of rotatable bonds is 3. The van der Waals surface area contributed by atoms with Gasteiger partial charge in [0.15, 0.2) is 0 Å². The Morgan fingerprint density at radius 3 is 2.68 bits per heavy atom. The molecule has 7 heteroatoms. The third-order valence-electron chi connectivity index (χ3n) is 2.90. The summed E-state index contributed by atoms with van der Waals surface area (Å²) in [7, 11) is 1.19. The van der Waals surface area contributed by atoms with Crippen LogP contribution < -0.4 is 0 Å². The van der Waals surface area contributed by atoms with Crippen LogP contribution in [0, 0.1) is 5.21 Å². The number of ether oxygens (including phenoxy) is 1. The van der Waals surface area contributed by atoms with Crippen LogP contribution in [0.1, 0.15) is 11.5 Å². The molecule has 0 saturated carbocycles. The number of benzene rings is 1. The Labute approximate surface area is 117 Å². The van der Waals surface area contributed by atoms with Crippen LogP contribution in [0.15, 0.2) is 28.7 Å². The van der Waals surface area contributed by atoms with Gasteiger partial charge < -0.3 is 14.7 Å². The highest BCUT2D eigenvalue weighted by molar-refractivity contribution is 9.10. The number of carbonyl (C=O) groups is 1. The zero-order valence-electron chi connectivity index (χ0n) is 10.1. The molecular formula is C12H12BrNO5.